The van der Waals surface area contributed by atoms with E-state index in [4.69, 9.17) is 16.2 Å². The van der Waals surface area contributed by atoms with Gasteiger partial charge < -0.3 is 16.2 Å². The molecule has 2 aromatic carbocycles. The molecule has 1 heterocycles. The van der Waals surface area contributed by atoms with Crippen molar-refractivity contribution in [2.24, 2.45) is 16.5 Å². The van der Waals surface area contributed by atoms with Crippen molar-refractivity contribution in [1.29, 1.82) is 0 Å². The molecule has 1 atom stereocenters. The first kappa shape index (κ1) is 16.6. The molecule has 4 N–H and O–H groups in total. The molecule has 1 aliphatic rings. The lowest BCUT2D eigenvalue weighted by atomic mass is 9.92. The molecule has 0 bridgehead atoms. The van der Waals surface area contributed by atoms with E-state index in [9.17, 15) is 13.6 Å². The average Bonchev–Trinajstić information content (AvgIpc) is 2.53. The van der Waals surface area contributed by atoms with Crippen LogP contribution in [0.4, 0.5) is 8.78 Å². The van der Waals surface area contributed by atoms with E-state index in [0.717, 1.165) is 6.07 Å². The Morgan fingerprint density at radius 1 is 1.12 bits per heavy atom. The maximum absolute atomic E-state index is 14.2. The summed E-state index contributed by atoms with van der Waals surface area (Å²) in [6.07, 6.45) is 1.39. The minimum absolute atomic E-state index is 0.212. The minimum atomic E-state index is -0.702. The molecule has 0 aromatic heterocycles. The van der Waals surface area contributed by atoms with Crippen LogP contribution < -0.4 is 16.2 Å². The smallest absolute Gasteiger partial charge is 0.280 e. The molecule has 1 amide bonds. The van der Waals surface area contributed by atoms with Crippen molar-refractivity contribution in [3.05, 3.63) is 70.8 Å². The number of benzene rings is 2. The lowest BCUT2D eigenvalue weighted by molar-refractivity contribution is 0.100. The second-order valence-corrected chi connectivity index (χ2v) is 5.58. The number of hydrogen-bond acceptors (Lipinski definition) is 2. The summed E-state index contributed by atoms with van der Waals surface area (Å²) in [5.74, 6) is -1.87. The molecule has 3 rings (SSSR count). The molecule has 0 saturated heterocycles. The molecular formula is C18H15F2N3O2. The van der Waals surface area contributed by atoms with Crippen LogP contribution in [0, 0.1) is 11.6 Å². The average molecular weight is 343 g/mol. The second-order valence-electron chi connectivity index (χ2n) is 5.58. The largest absolute Gasteiger partial charge is 0.486 e. The summed E-state index contributed by atoms with van der Waals surface area (Å²) in [5, 5.41) is 0. The van der Waals surface area contributed by atoms with Gasteiger partial charge in [0, 0.05) is 22.8 Å². The summed E-state index contributed by atoms with van der Waals surface area (Å²) in [4.78, 5) is 15.5. The number of aliphatic imine (C=N–C) groups is 1. The fourth-order valence-electron chi connectivity index (χ4n) is 2.66. The van der Waals surface area contributed by atoms with E-state index < -0.39 is 17.5 Å². The van der Waals surface area contributed by atoms with Crippen LogP contribution in [0.5, 0.6) is 5.75 Å². The predicted molar refractivity (Wildman–Crippen MR) is 90.1 cm³/mol. The summed E-state index contributed by atoms with van der Waals surface area (Å²) < 4.78 is 33.1. The normalized spacial score (nSPS) is 15.6. The van der Waals surface area contributed by atoms with Crippen LogP contribution in [0.15, 0.2) is 47.5 Å². The van der Waals surface area contributed by atoms with Crippen molar-refractivity contribution < 1.29 is 18.3 Å². The van der Waals surface area contributed by atoms with E-state index in [1.54, 1.807) is 19.1 Å². The number of carbonyl (C=O) groups excluding carboxylic acids is 1. The van der Waals surface area contributed by atoms with E-state index >= 15 is 0 Å². The van der Waals surface area contributed by atoms with E-state index in [2.05, 4.69) is 4.99 Å². The van der Waals surface area contributed by atoms with Crippen molar-refractivity contribution in [3.63, 3.8) is 0 Å². The highest BCUT2D eigenvalue weighted by atomic mass is 19.1. The number of nitrogens with two attached hydrogens (primary N) is 2. The topological polar surface area (TPSA) is 90.7 Å². The van der Waals surface area contributed by atoms with Gasteiger partial charge in [-0.1, -0.05) is 0 Å². The Bertz CT molecular complexity index is 919. The molecule has 25 heavy (non-hydrogen) atoms. The Balaban J connectivity index is 2.13. The van der Waals surface area contributed by atoms with Gasteiger partial charge in [-0.15, -0.1) is 0 Å². The van der Waals surface area contributed by atoms with E-state index in [1.807, 2.05) is 0 Å². The molecule has 1 aliphatic heterocycles. The minimum Gasteiger partial charge on any atom is -0.486 e. The Labute approximate surface area is 142 Å². The number of ether oxygens (including phenoxy) is 1. The van der Waals surface area contributed by atoms with Crippen LogP contribution >= 0.6 is 0 Å². The third kappa shape index (κ3) is 3.35. The highest BCUT2D eigenvalue weighted by Gasteiger charge is 2.23. The van der Waals surface area contributed by atoms with Crippen LogP contribution in [-0.2, 0) is 0 Å². The van der Waals surface area contributed by atoms with Crippen molar-refractivity contribution in [1.82, 2.24) is 0 Å². The first-order chi connectivity index (χ1) is 11.8. The van der Waals surface area contributed by atoms with Crippen LogP contribution in [0.2, 0.25) is 0 Å². The van der Waals surface area contributed by atoms with Gasteiger partial charge in [0.15, 0.2) is 5.96 Å². The standard InChI is InChI=1S/C18H15F2N3O2/c1-9-6-13(12-4-3-11(19)8-15(12)20)14-7-10(2-5-16(14)25-9)17(24)23-18(21)22/h2-9H,1H3,(H4,21,22,23,24). The summed E-state index contributed by atoms with van der Waals surface area (Å²) in [6, 6.07) is 7.96. The number of rotatable bonds is 2. The van der Waals surface area contributed by atoms with Crippen molar-refractivity contribution in [3.8, 4) is 5.75 Å². The number of guanidine groups is 1. The van der Waals surface area contributed by atoms with Gasteiger partial charge in [-0.2, -0.15) is 4.99 Å². The monoisotopic (exact) mass is 343 g/mol. The fraction of sp³-hybridized carbons (Fsp3) is 0.111. The molecule has 7 heteroatoms. The maximum atomic E-state index is 14.2. The quantitative estimate of drug-likeness (QED) is 0.648. The highest BCUT2D eigenvalue weighted by molar-refractivity contribution is 6.03. The summed E-state index contributed by atoms with van der Waals surface area (Å²) in [6.45, 7) is 1.79. The predicted octanol–water partition coefficient (Wildman–Crippen LogP) is 2.59. The molecule has 5 nitrogen and oxygen atoms in total. The summed E-state index contributed by atoms with van der Waals surface area (Å²) in [7, 11) is 0. The van der Waals surface area contributed by atoms with Gasteiger partial charge in [0.2, 0.25) is 0 Å². The SMILES string of the molecule is CC1C=C(c2ccc(F)cc2F)c2cc(C(=O)N=C(N)N)ccc2O1. The van der Waals surface area contributed by atoms with Crippen LogP contribution in [0.25, 0.3) is 5.57 Å². The van der Waals surface area contributed by atoms with Gasteiger partial charge in [0.25, 0.3) is 5.91 Å². The molecule has 2 aromatic rings. The zero-order chi connectivity index (χ0) is 18.1. The lowest BCUT2D eigenvalue weighted by Crippen LogP contribution is -2.24. The molecule has 0 aliphatic carbocycles. The Morgan fingerprint density at radius 3 is 2.56 bits per heavy atom. The summed E-state index contributed by atoms with van der Waals surface area (Å²) >= 11 is 0. The van der Waals surface area contributed by atoms with E-state index in [0.29, 0.717) is 16.9 Å². The number of carbonyl (C=O) groups is 1. The number of fused-ring (bicyclic) bond motifs is 1. The van der Waals surface area contributed by atoms with Gasteiger partial charge in [-0.25, -0.2) is 8.78 Å². The molecule has 0 fully saturated rings. The third-order valence-corrected chi connectivity index (χ3v) is 3.68. The van der Waals surface area contributed by atoms with Crippen molar-refractivity contribution in [2.45, 2.75) is 13.0 Å². The molecule has 0 radical (unpaired) electrons. The fourth-order valence-corrected chi connectivity index (χ4v) is 2.66. The number of amides is 1. The molecular weight excluding hydrogens is 328 g/mol. The molecule has 0 saturated carbocycles. The Morgan fingerprint density at radius 2 is 1.88 bits per heavy atom. The van der Waals surface area contributed by atoms with Crippen LogP contribution in [0.3, 0.4) is 0 Å². The van der Waals surface area contributed by atoms with Gasteiger partial charge in [0.05, 0.1) is 0 Å². The van der Waals surface area contributed by atoms with E-state index in [1.165, 1.54) is 24.3 Å². The Hall–Kier alpha value is -3.22. The zero-order valence-electron chi connectivity index (χ0n) is 13.3. The zero-order valence-corrected chi connectivity index (χ0v) is 13.3. The van der Waals surface area contributed by atoms with Gasteiger partial charge in [-0.3, -0.25) is 4.79 Å². The second kappa shape index (κ2) is 6.35. The van der Waals surface area contributed by atoms with Gasteiger partial charge in [0.1, 0.15) is 23.5 Å². The first-order valence-corrected chi connectivity index (χ1v) is 7.47. The molecule has 128 valence electrons. The van der Waals surface area contributed by atoms with Crippen molar-refractivity contribution >= 4 is 17.4 Å². The summed E-state index contributed by atoms with van der Waals surface area (Å²) in [5.41, 5.74) is 11.9. The van der Waals surface area contributed by atoms with Crippen molar-refractivity contribution in [2.75, 3.05) is 0 Å². The maximum Gasteiger partial charge on any atom is 0.280 e. The Kier molecular flexibility index (Phi) is 4.22. The lowest BCUT2D eigenvalue weighted by Gasteiger charge is -2.24. The van der Waals surface area contributed by atoms with Crippen LogP contribution in [-0.4, -0.2) is 18.0 Å². The van der Waals surface area contributed by atoms with E-state index in [-0.39, 0.29) is 23.2 Å². The highest BCUT2D eigenvalue weighted by Crippen LogP contribution is 2.37. The number of hydrogen-bond donors (Lipinski definition) is 2. The van der Waals surface area contributed by atoms with Crippen LogP contribution in [0.1, 0.15) is 28.4 Å². The van der Waals surface area contributed by atoms with Gasteiger partial charge in [-0.05, 0) is 48.9 Å². The molecule has 1 unspecified atom stereocenters. The molecule has 0 spiro atoms. The third-order valence-electron chi connectivity index (χ3n) is 3.68. The first-order valence-electron chi connectivity index (χ1n) is 7.47. The number of nitrogens with zero attached hydrogens (tertiary/aromatic N) is 1. The number of halogens is 2. The van der Waals surface area contributed by atoms with Gasteiger partial charge >= 0.3 is 0 Å².